The Bertz CT molecular complexity index is 799. The van der Waals surface area contributed by atoms with Gasteiger partial charge in [0, 0.05) is 37.8 Å². The zero-order valence-corrected chi connectivity index (χ0v) is 17.7. The molecule has 1 fully saturated rings. The van der Waals surface area contributed by atoms with Crippen molar-refractivity contribution in [1.82, 2.24) is 9.21 Å². The standard InChI is InChI=1S/C18H28N4O3S2/c1-4-22(5-2)27(24,25)15-7-6-13(3)16(12-15)20-18(26)21-10-8-14(9-11-21)17(19)23/h6-7,12,14H,4-5,8-11H2,1-3H3,(H2,19,23)(H,20,26). The van der Waals surface area contributed by atoms with Crippen LogP contribution in [-0.2, 0) is 14.8 Å². The van der Waals surface area contributed by atoms with Crippen LogP contribution in [0, 0.1) is 12.8 Å². The van der Waals surface area contributed by atoms with Crippen LogP contribution in [0.3, 0.4) is 0 Å². The Morgan fingerprint density at radius 1 is 1.30 bits per heavy atom. The molecule has 9 heteroatoms. The van der Waals surface area contributed by atoms with Crippen LogP contribution < -0.4 is 11.1 Å². The van der Waals surface area contributed by atoms with Crippen LogP contribution in [0.4, 0.5) is 5.69 Å². The van der Waals surface area contributed by atoms with Crippen LogP contribution in [0.5, 0.6) is 0 Å². The molecule has 150 valence electrons. The first-order valence-corrected chi connectivity index (χ1v) is 11.0. The number of hydrogen-bond donors (Lipinski definition) is 2. The average Bonchev–Trinajstić information content (AvgIpc) is 2.64. The number of thiocarbonyl (C=S) groups is 1. The number of sulfonamides is 1. The highest BCUT2D eigenvalue weighted by Crippen LogP contribution is 2.24. The molecule has 0 aromatic heterocycles. The van der Waals surface area contributed by atoms with Gasteiger partial charge in [-0.15, -0.1) is 0 Å². The first-order valence-electron chi connectivity index (χ1n) is 9.16. The van der Waals surface area contributed by atoms with Gasteiger partial charge in [0.25, 0.3) is 0 Å². The number of anilines is 1. The Morgan fingerprint density at radius 2 is 1.89 bits per heavy atom. The average molecular weight is 413 g/mol. The van der Waals surface area contributed by atoms with E-state index >= 15 is 0 Å². The molecule has 0 aliphatic carbocycles. The maximum Gasteiger partial charge on any atom is 0.243 e. The topological polar surface area (TPSA) is 95.7 Å². The van der Waals surface area contributed by atoms with Crippen LogP contribution in [0.1, 0.15) is 32.3 Å². The summed E-state index contributed by atoms with van der Waals surface area (Å²) in [5, 5.41) is 3.70. The van der Waals surface area contributed by atoms with Gasteiger partial charge in [0.1, 0.15) is 0 Å². The summed E-state index contributed by atoms with van der Waals surface area (Å²) in [5.41, 5.74) is 6.95. The summed E-state index contributed by atoms with van der Waals surface area (Å²) < 4.78 is 26.9. The number of carbonyl (C=O) groups excluding carboxylic acids is 1. The van der Waals surface area contributed by atoms with E-state index in [1.807, 2.05) is 25.7 Å². The minimum absolute atomic E-state index is 0.103. The number of likely N-dealkylation sites (tertiary alicyclic amines) is 1. The maximum absolute atomic E-state index is 12.8. The van der Waals surface area contributed by atoms with Crippen LogP contribution in [-0.4, -0.2) is 54.8 Å². The van der Waals surface area contributed by atoms with E-state index in [9.17, 15) is 13.2 Å². The van der Waals surface area contributed by atoms with E-state index in [1.165, 1.54) is 4.31 Å². The summed E-state index contributed by atoms with van der Waals surface area (Å²) in [4.78, 5) is 13.5. The molecule has 3 N–H and O–H groups in total. The second kappa shape index (κ2) is 8.99. The van der Waals surface area contributed by atoms with Crippen LogP contribution in [0.15, 0.2) is 23.1 Å². The van der Waals surface area contributed by atoms with Crippen LogP contribution in [0.2, 0.25) is 0 Å². The van der Waals surface area contributed by atoms with Crippen molar-refractivity contribution in [3.63, 3.8) is 0 Å². The van der Waals surface area contributed by atoms with Gasteiger partial charge < -0.3 is 16.0 Å². The zero-order valence-electron chi connectivity index (χ0n) is 16.1. The Balaban J connectivity index is 2.15. The number of hydrogen-bond acceptors (Lipinski definition) is 4. The Labute approximate surface area is 166 Å². The van der Waals surface area contributed by atoms with Crippen molar-refractivity contribution in [2.75, 3.05) is 31.5 Å². The van der Waals surface area contributed by atoms with Gasteiger partial charge in [0.05, 0.1) is 4.90 Å². The van der Waals surface area contributed by atoms with E-state index in [0.717, 1.165) is 5.56 Å². The molecule has 1 amide bonds. The molecule has 1 heterocycles. The lowest BCUT2D eigenvalue weighted by atomic mass is 9.97. The van der Waals surface area contributed by atoms with Gasteiger partial charge in [0.15, 0.2) is 5.11 Å². The molecular formula is C18H28N4O3S2. The fraction of sp³-hybridized carbons (Fsp3) is 0.556. The van der Waals surface area contributed by atoms with Gasteiger partial charge in [-0.2, -0.15) is 4.31 Å². The number of benzene rings is 1. The van der Waals surface area contributed by atoms with Crippen molar-refractivity contribution in [3.8, 4) is 0 Å². The van der Waals surface area contributed by atoms with E-state index in [4.69, 9.17) is 18.0 Å². The van der Waals surface area contributed by atoms with Crippen molar-refractivity contribution in [2.45, 2.75) is 38.5 Å². The highest BCUT2D eigenvalue weighted by atomic mass is 32.2. The van der Waals surface area contributed by atoms with Gasteiger partial charge in [-0.25, -0.2) is 8.42 Å². The van der Waals surface area contributed by atoms with E-state index in [-0.39, 0.29) is 16.7 Å². The quantitative estimate of drug-likeness (QED) is 0.693. The lowest BCUT2D eigenvalue weighted by Crippen LogP contribution is -2.43. The summed E-state index contributed by atoms with van der Waals surface area (Å²) in [6.07, 6.45) is 1.35. The molecule has 0 atom stereocenters. The normalized spacial score (nSPS) is 15.8. The third kappa shape index (κ3) is 4.97. The highest BCUT2D eigenvalue weighted by molar-refractivity contribution is 7.89. The van der Waals surface area contributed by atoms with E-state index in [2.05, 4.69) is 5.32 Å². The fourth-order valence-corrected chi connectivity index (χ4v) is 4.95. The zero-order chi connectivity index (χ0) is 20.2. The van der Waals surface area contributed by atoms with Crippen LogP contribution >= 0.6 is 12.2 Å². The third-order valence-electron chi connectivity index (χ3n) is 4.98. The van der Waals surface area contributed by atoms with E-state index in [1.54, 1.807) is 18.2 Å². The van der Waals surface area contributed by atoms with E-state index in [0.29, 0.717) is 49.8 Å². The summed E-state index contributed by atoms with van der Waals surface area (Å²) in [6, 6.07) is 5.03. The molecule has 1 aliphatic rings. The predicted octanol–water partition coefficient (Wildman–Crippen LogP) is 1.92. The second-order valence-electron chi connectivity index (χ2n) is 6.66. The smallest absolute Gasteiger partial charge is 0.243 e. The number of nitrogens with zero attached hydrogens (tertiary/aromatic N) is 2. The summed E-state index contributed by atoms with van der Waals surface area (Å²) in [5.74, 6) is -0.369. The van der Waals surface area contributed by atoms with Crippen molar-refractivity contribution in [2.24, 2.45) is 11.7 Å². The minimum atomic E-state index is -3.53. The number of nitrogens with one attached hydrogen (secondary N) is 1. The summed E-state index contributed by atoms with van der Waals surface area (Å²) >= 11 is 5.49. The van der Waals surface area contributed by atoms with Crippen molar-refractivity contribution in [1.29, 1.82) is 0 Å². The molecule has 0 radical (unpaired) electrons. The first-order chi connectivity index (χ1) is 12.7. The summed E-state index contributed by atoms with van der Waals surface area (Å²) in [6.45, 7) is 7.67. The number of nitrogens with two attached hydrogens (primary N) is 1. The fourth-order valence-electron chi connectivity index (χ4n) is 3.17. The minimum Gasteiger partial charge on any atom is -0.369 e. The molecule has 0 unspecified atom stereocenters. The molecule has 27 heavy (non-hydrogen) atoms. The number of aryl methyl sites for hydroxylation is 1. The number of carbonyl (C=O) groups is 1. The SMILES string of the molecule is CCN(CC)S(=O)(=O)c1ccc(C)c(NC(=S)N2CCC(C(N)=O)CC2)c1. The largest absolute Gasteiger partial charge is 0.369 e. The first kappa shape index (κ1) is 21.6. The summed E-state index contributed by atoms with van der Waals surface area (Å²) in [7, 11) is -3.53. The molecule has 7 nitrogen and oxygen atoms in total. The lowest BCUT2D eigenvalue weighted by Gasteiger charge is -2.32. The lowest BCUT2D eigenvalue weighted by molar-refractivity contribution is -0.122. The molecule has 1 aliphatic heterocycles. The molecule has 2 rings (SSSR count). The Kier molecular flexibility index (Phi) is 7.19. The number of rotatable bonds is 6. The third-order valence-corrected chi connectivity index (χ3v) is 7.38. The van der Waals surface area contributed by atoms with Crippen molar-refractivity contribution in [3.05, 3.63) is 23.8 Å². The monoisotopic (exact) mass is 412 g/mol. The molecular weight excluding hydrogens is 384 g/mol. The van der Waals surface area contributed by atoms with Gasteiger partial charge in [-0.1, -0.05) is 19.9 Å². The number of piperidine rings is 1. The van der Waals surface area contributed by atoms with Crippen molar-refractivity contribution >= 4 is 38.9 Å². The Morgan fingerprint density at radius 3 is 2.41 bits per heavy atom. The van der Waals surface area contributed by atoms with Gasteiger partial charge in [0.2, 0.25) is 15.9 Å². The van der Waals surface area contributed by atoms with Gasteiger partial charge in [-0.3, -0.25) is 4.79 Å². The molecule has 1 aromatic rings. The van der Waals surface area contributed by atoms with Gasteiger partial charge in [-0.05, 0) is 49.7 Å². The maximum atomic E-state index is 12.8. The molecule has 1 aromatic carbocycles. The number of amides is 1. The second-order valence-corrected chi connectivity index (χ2v) is 8.98. The Hall–Kier alpha value is -1.71. The van der Waals surface area contributed by atoms with E-state index < -0.39 is 10.0 Å². The molecule has 0 bridgehead atoms. The highest BCUT2D eigenvalue weighted by Gasteiger charge is 2.25. The number of primary amides is 1. The molecule has 0 spiro atoms. The van der Waals surface area contributed by atoms with Crippen molar-refractivity contribution < 1.29 is 13.2 Å². The van der Waals surface area contributed by atoms with Gasteiger partial charge >= 0.3 is 0 Å². The molecule has 0 saturated carbocycles. The molecule has 1 saturated heterocycles. The predicted molar refractivity (Wildman–Crippen MR) is 111 cm³/mol. The van der Waals surface area contributed by atoms with Crippen LogP contribution in [0.25, 0.3) is 0 Å².